The van der Waals surface area contributed by atoms with Crippen LogP contribution in [0, 0.1) is 6.92 Å². The molecule has 0 aliphatic carbocycles. The summed E-state index contributed by atoms with van der Waals surface area (Å²) in [6, 6.07) is 7.74. The fraction of sp³-hybridized carbons (Fsp3) is 0.462. The van der Waals surface area contributed by atoms with Crippen LogP contribution in [0.25, 0.3) is 0 Å². The van der Waals surface area contributed by atoms with E-state index in [1.165, 1.54) is 0 Å². The maximum absolute atomic E-state index is 11.2. The van der Waals surface area contributed by atoms with Gasteiger partial charge in [-0.3, -0.25) is 4.79 Å². The molecule has 1 N–H and O–H groups in total. The first-order chi connectivity index (χ1) is 7.16. The minimum absolute atomic E-state index is 0.342. The van der Waals surface area contributed by atoms with Gasteiger partial charge in [-0.25, -0.2) is 0 Å². The Balaban J connectivity index is 2.89. The molecule has 1 aromatic rings. The Kier molecular flexibility index (Phi) is 4.35. The summed E-state index contributed by atoms with van der Waals surface area (Å²) in [6.45, 7) is 4.05. The van der Waals surface area contributed by atoms with Gasteiger partial charge in [0.25, 0.3) is 0 Å². The minimum Gasteiger partial charge on any atom is -0.481 e. The van der Waals surface area contributed by atoms with Crippen molar-refractivity contribution in [2.45, 2.75) is 39.0 Å². The number of unbranched alkanes of at least 4 members (excludes halogenated alkanes) is 1. The highest BCUT2D eigenvalue weighted by Gasteiger charge is 2.20. The van der Waals surface area contributed by atoms with Gasteiger partial charge in [0.15, 0.2) is 0 Å². The lowest BCUT2D eigenvalue weighted by Crippen LogP contribution is -2.12. The molecule has 0 amide bonds. The van der Waals surface area contributed by atoms with E-state index in [4.69, 9.17) is 0 Å². The summed E-state index contributed by atoms with van der Waals surface area (Å²) >= 11 is 0. The second kappa shape index (κ2) is 5.54. The van der Waals surface area contributed by atoms with Crippen LogP contribution in [-0.4, -0.2) is 11.1 Å². The summed E-state index contributed by atoms with van der Waals surface area (Å²) in [5.41, 5.74) is 2.03. The fourth-order valence-electron chi connectivity index (χ4n) is 1.80. The largest absolute Gasteiger partial charge is 0.481 e. The Hall–Kier alpha value is -1.31. The van der Waals surface area contributed by atoms with Gasteiger partial charge in [-0.2, -0.15) is 0 Å². The van der Waals surface area contributed by atoms with Crippen LogP contribution in [0.15, 0.2) is 24.3 Å². The Morgan fingerprint density at radius 1 is 1.40 bits per heavy atom. The van der Waals surface area contributed by atoms with Crippen molar-refractivity contribution >= 4 is 5.97 Å². The summed E-state index contributed by atoms with van der Waals surface area (Å²) in [5, 5.41) is 9.18. The van der Waals surface area contributed by atoms with Gasteiger partial charge in [-0.15, -0.1) is 0 Å². The molecule has 2 heteroatoms. The predicted octanol–water partition coefficient (Wildman–Crippen LogP) is 3.35. The molecule has 0 heterocycles. The van der Waals surface area contributed by atoms with Gasteiger partial charge in [0.1, 0.15) is 0 Å². The second-order valence-corrected chi connectivity index (χ2v) is 3.89. The maximum atomic E-state index is 11.2. The van der Waals surface area contributed by atoms with E-state index in [-0.39, 0.29) is 5.92 Å². The molecule has 1 unspecified atom stereocenters. The average molecular weight is 206 g/mol. The Bertz CT molecular complexity index is 331. The first-order valence-corrected chi connectivity index (χ1v) is 5.45. The standard InChI is InChI=1S/C13H18O2/c1-3-4-8-12(13(14)15)11-9-6-5-7-10(11)2/h5-7,9,12H,3-4,8H2,1-2H3,(H,14,15). The van der Waals surface area contributed by atoms with Gasteiger partial charge in [0, 0.05) is 0 Å². The summed E-state index contributed by atoms with van der Waals surface area (Å²) in [4.78, 5) is 11.2. The fourth-order valence-corrected chi connectivity index (χ4v) is 1.80. The molecule has 0 saturated heterocycles. The molecule has 15 heavy (non-hydrogen) atoms. The number of carboxylic acids is 1. The zero-order valence-electron chi connectivity index (χ0n) is 9.36. The number of carbonyl (C=O) groups is 1. The van der Waals surface area contributed by atoms with Gasteiger partial charge in [0.2, 0.25) is 0 Å². The zero-order valence-corrected chi connectivity index (χ0v) is 9.36. The van der Waals surface area contributed by atoms with E-state index in [1.54, 1.807) is 0 Å². The summed E-state index contributed by atoms with van der Waals surface area (Å²) < 4.78 is 0. The molecule has 82 valence electrons. The van der Waals surface area contributed by atoms with Crippen molar-refractivity contribution in [1.82, 2.24) is 0 Å². The first kappa shape index (κ1) is 11.8. The summed E-state index contributed by atoms with van der Waals surface area (Å²) in [5.74, 6) is -1.05. The Labute approximate surface area is 90.9 Å². The molecule has 1 aromatic carbocycles. The highest BCUT2D eigenvalue weighted by Crippen LogP contribution is 2.25. The molecule has 0 saturated carbocycles. The second-order valence-electron chi connectivity index (χ2n) is 3.89. The molecule has 2 nitrogen and oxygen atoms in total. The summed E-state index contributed by atoms with van der Waals surface area (Å²) in [6.07, 6.45) is 2.73. The topological polar surface area (TPSA) is 37.3 Å². The van der Waals surface area contributed by atoms with Crippen LogP contribution in [0.1, 0.15) is 43.2 Å². The van der Waals surface area contributed by atoms with Gasteiger partial charge in [-0.05, 0) is 24.5 Å². The maximum Gasteiger partial charge on any atom is 0.310 e. The van der Waals surface area contributed by atoms with Gasteiger partial charge in [0.05, 0.1) is 5.92 Å². The van der Waals surface area contributed by atoms with Crippen LogP contribution in [0.5, 0.6) is 0 Å². The normalized spacial score (nSPS) is 12.4. The van der Waals surface area contributed by atoms with E-state index in [2.05, 4.69) is 6.92 Å². The van der Waals surface area contributed by atoms with Crippen molar-refractivity contribution in [3.8, 4) is 0 Å². The quantitative estimate of drug-likeness (QED) is 0.802. The number of hydrogen-bond acceptors (Lipinski definition) is 1. The number of aliphatic carboxylic acids is 1. The smallest absolute Gasteiger partial charge is 0.310 e. The molecule has 1 rings (SSSR count). The first-order valence-electron chi connectivity index (χ1n) is 5.45. The van der Waals surface area contributed by atoms with Crippen LogP contribution >= 0.6 is 0 Å². The number of hydrogen-bond donors (Lipinski definition) is 1. The van der Waals surface area contributed by atoms with Gasteiger partial charge in [-0.1, -0.05) is 44.0 Å². The van der Waals surface area contributed by atoms with Crippen molar-refractivity contribution in [1.29, 1.82) is 0 Å². The van der Waals surface area contributed by atoms with Crippen LogP contribution in [0.4, 0.5) is 0 Å². The van der Waals surface area contributed by atoms with Crippen LogP contribution in [-0.2, 0) is 4.79 Å². The van der Waals surface area contributed by atoms with E-state index >= 15 is 0 Å². The van der Waals surface area contributed by atoms with E-state index in [9.17, 15) is 9.90 Å². The lowest BCUT2D eigenvalue weighted by molar-refractivity contribution is -0.139. The number of rotatable bonds is 5. The van der Waals surface area contributed by atoms with Crippen LogP contribution < -0.4 is 0 Å². The third-order valence-corrected chi connectivity index (χ3v) is 2.71. The predicted molar refractivity (Wildman–Crippen MR) is 61.1 cm³/mol. The van der Waals surface area contributed by atoms with Gasteiger partial charge >= 0.3 is 5.97 Å². The Morgan fingerprint density at radius 3 is 2.60 bits per heavy atom. The third-order valence-electron chi connectivity index (χ3n) is 2.71. The van der Waals surface area contributed by atoms with Crippen molar-refractivity contribution in [2.24, 2.45) is 0 Å². The molecular formula is C13H18O2. The number of carboxylic acid groups (broad SMARTS) is 1. The van der Waals surface area contributed by atoms with Crippen molar-refractivity contribution in [3.05, 3.63) is 35.4 Å². The third kappa shape index (κ3) is 3.08. The van der Waals surface area contributed by atoms with Gasteiger partial charge < -0.3 is 5.11 Å². The van der Waals surface area contributed by atoms with E-state index in [0.29, 0.717) is 0 Å². The highest BCUT2D eigenvalue weighted by molar-refractivity contribution is 5.76. The molecule has 0 aliphatic rings. The highest BCUT2D eigenvalue weighted by atomic mass is 16.4. The van der Waals surface area contributed by atoms with Crippen molar-refractivity contribution in [3.63, 3.8) is 0 Å². The monoisotopic (exact) mass is 206 g/mol. The molecule has 0 radical (unpaired) electrons. The van der Waals surface area contributed by atoms with Crippen molar-refractivity contribution < 1.29 is 9.90 Å². The van der Waals surface area contributed by atoms with Crippen molar-refractivity contribution in [2.75, 3.05) is 0 Å². The molecule has 0 fully saturated rings. The zero-order chi connectivity index (χ0) is 11.3. The number of aryl methyl sites for hydroxylation is 1. The number of benzene rings is 1. The van der Waals surface area contributed by atoms with E-state index < -0.39 is 5.97 Å². The molecule has 1 atom stereocenters. The van der Waals surface area contributed by atoms with E-state index in [0.717, 1.165) is 30.4 Å². The average Bonchev–Trinajstić information content (AvgIpc) is 2.20. The Morgan fingerprint density at radius 2 is 2.07 bits per heavy atom. The SMILES string of the molecule is CCCCC(C(=O)O)c1ccccc1C. The molecule has 0 aromatic heterocycles. The van der Waals surface area contributed by atoms with Crippen LogP contribution in [0.3, 0.4) is 0 Å². The van der Waals surface area contributed by atoms with Crippen LogP contribution in [0.2, 0.25) is 0 Å². The lowest BCUT2D eigenvalue weighted by Gasteiger charge is -2.14. The minimum atomic E-state index is -0.710. The van der Waals surface area contributed by atoms with E-state index in [1.807, 2.05) is 31.2 Å². The molecule has 0 spiro atoms. The molecule has 0 aliphatic heterocycles. The lowest BCUT2D eigenvalue weighted by atomic mass is 9.90. The summed E-state index contributed by atoms with van der Waals surface area (Å²) in [7, 11) is 0. The molecule has 0 bridgehead atoms. The molecular weight excluding hydrogens is 188 g/mol.